The Hall–Kier alpha value is -2.17. The highest BCUT2D eigenvalue weighted by molar-refractivity contribution is 7.89. The van der Waals surface area contributed by atoms with Crippen molar-refractivity contribution in [3.8, 4) is 0 Å². The first-order chi connectivity index (χ1) is 11.5. The summed E-state index contributed by atoms with van der Waals surface area (Å²) in [7, 11) is 0.217. The van der Waals surface area contributed by atoms with E-state index < -0.39 is 34.0 Å². The molecule has 0 saturated heterocycles. The van der Waals surface area contributed by atoms with Gasteiger partial charge in [0.1, 0.15) is 0 Å². The number of ether oxygens (including phenoxy) is 1. The number of carbonyl (C=O) groups is 3. The molecule has 0 aliphatic carbocycles. The number of amides is 3. The summed E-state index contributed by atoms with van der Waals surface area (Å²) < 4.78 is 30.2. The summed E-state index contributed by atoms with van der Waals surface area (Å²) in [6.45, 7) is 1.25. The average Bonchev–Trinajstić information content (AvgIpc) is 2.54. The Bertz CT molecular complexity index is 794. The van der Waals surface area contributed by atoms with E-state index in [4.69, 9.17) is 16.3 Å². The second kappa shape index (κ2) is 8.28. The molecule has 25 heavy (non-hydrogen) atoms. The maximum absolute atomic E-state index is 12.2. The average molecular weight is 392 g/mol. The summed E-state index contributed by atoms with van der Waals surface area (Å²) in [5.74, 6) is -1.85. The van der Waals surface area contributed by atoms with E-state index in [9.17, 15) is 22.8 Å². The molecule has 138 valence electrons. The Morgan fingerprint density at radius 1 is 1.24 bits per heavy atom. The van der Waals surface area contributed by atoms with Crippen LogP contribution in [0.25, 0.3) is 0 Å². The largest absolute Gasteiger partial charge is 0.449 e. The molecule has 0 spiro atoms. The molecule has 0 saturated carbocycles. The van der Waals surface area contributed by atoms with Crippen molar-refractivity contribution in [1.29, 1.82) is 0 Å². The van der Waals surface area contributed by atoms with Crippen molar-refractivity contribution in [2.24, 2.45) is 0 Å². The van der Waals surface area contributed by atoms with Crippen LogP contribution < -0.4 is 10.6 Å². The summed E-state index contributed by atoms with van der Waals surface area (Å²) in [4.78, 5) is 34.8. The van der Waals surface area contributed by atoms with Crippen molar-refractivity contribution in [3.63, 3.8) is 0 Å². The first-order valence-electron chi connectivity index (χ1n) is 6.96. The van der Waals surface area contributed by atoms with Crippen LogP contribution in [0.3, 0.4) is 0 Å². The number of esters is 1. The van der Waals surface area contributed by atoms with Gasteiger partial charge in [0.05, 0.1) is 15.5 Å². The lowest BCUT2D eigenvalue weighted by Gasteiger charge is -2.15. The third-order valence-electron chi connectivity index (χ3n) is 3.05. The number of hydrogen-bond acceptors (Lipinski definition) is 6. The molecule has 0 fully saturated rings. The van der Waals surface area contributed by atoms with E-state index in [0.717, 1.165) is 10.4 Å². The van der Waals surface area contributed by atoms with E-state index >= 15 is 0 Å². The van der Waals surface area contributed by atoms with Crippen LogP contribution in [0.15, 0.2) is 23.1 Å². The van der Waals surface area contributed by atoms with Gasteiger partial charge in [-0.1, -0.05) is 11.6 Å². The van der Waals surface area contributed by atoms with Crippen LogP contribution >= 0.6 is 11.6 Å². The Morgan fingerprint density at radius 2 is 1.84 bits per heavy atom. The molecule has 0 heterocycles. The SMILES string of the molecule is CNC(=O)NC(=O)[C@H](C)OC(=O)c1cc(S(=O)(=O)N(C)C)ccc1Cl. The fourth-order valence-electron chi connectivity index (χ4n) is 1.59. The highest BCUT2D eigenvalue weighted by atomic mass is 35.5. The molecule has 9 nitrogen and oxygen atoms in total. The number of nitrogens with zero attached hydrogens (tertiary/aromatic N) is 1. The Kier molecular flexibility index (Phi) is 6.91. The molecule has 1 aromatic rings. The smallest absolute Gasteiger partial charge is 0.340 e. The van der Waals surface area contributed by atoms with Gasteiger partial charge in [-0.3, -0.25) is 10.1 Å². The molecule has 0 bridgehead atoms. The predicted molar refractivity (Wildman–Crippen MR) is 89.8 cm³/mol. The summed E-state index contributed by atoms with van der Waals surface area (Å²) in [6.07, 6.45) is -1.30. The van der Waals surface area contributed by atoms with Crippen molar-refractivity contribution in [2.75, 3.05) is 21.1 Å². The van der Waals surface area contributed by atoms with Gasteiger partial charge < -0.3 is 10.1 Å². The zero-order valence-electron chi connectivity index (χ0n) is 14.0. The number of carbonyl (C=O) groups excluding carboxylic acids is 3. The number of sulfonamides is 1. The van der Waals surface area contributed by atoms with Gasteiger partial charge >= 0.3 is 12.0 Å². The lowest BCUT2D eigenvalue weighted by molar-refractivity contribution is -0.127. The van der Waals surface area contributed by atoms with Crippen LogP contribution in [0.5, 0.6) is 0 Å². The van der Waals surface area contributed by atoms with Gasteiger partial charge in [0.2, 0.25) is 10.0 Å². The molecule has 0 unspecified atom stereocenters. The molecule has 2 N–H and O–H groups in total. The molecule has 0 aliphatic rings. The number of halogens is 1. The lowest BCUT2D eigenvalue weighted by atomic mass is 10.2. The van der Waals surface area contributed by atoms with Gasteiger partial charge in [-0.25, -0.2) is 22.3 Å². The van der Waals surface area contributed by atoms with Gasteiger partial charge in [0.25, 0.3) is 5.91 Å². The number of hydrogen-bond donors (Lipinski definition) is 2. The molecule has 1 rings (SSSR count). The number of rotatable bonds is 5. The van der Waals surface area contributed by atoms with E-state index in [1.165, 1.54) is 40.2 Å². The zero-order valence-corrected chi connectivity index (χ0v) is 15.6. The first kappa shape index (κ1) is 20.9. The zero-order chi connectivity index (χ0) is 19.4. The molecule has 1 atom stereocenters. The molecular formula is C14H18ClN3O6S. The topological polar surface area (TPSA) is 122 Å². The molecule has 1 aromatic carbocycles. The first-order valence-corrected chi connectivity index (χ1v) is 8.78. The third kappa shape index (κ3) is 5.15. The van der Waals surface area contributed by atoms with E-state index in [0.29, 0.717) is 0 Å². The van der Waals surface area contributed by atoms with Crippen LogP contribution in [0.1, 0.15) is 17.3 Å². The molecule has 3 amide bonds. The Morgan fingerprint density at radius 3 is 2.36 bits per heavy atom. The van der Waals surface area contributed by atoms with Gasteiger partial charge in [-0.2, -0.15) is 0 Å². The highest BCUT2D eigenvalue weighted by Gasteiger charge is 2.24. The number of urea groups is 1. The van der Waals surface area contributed by atoms with E-state index in [1.807, 2.05) is 5.32 Å². The molecule has 0 aromatic heterocycles. The molecular weight excluding hydrogens is 374 g/mol. The quantitative estimate of drug-likeness (QED) is 0.708. The van der Waals surface area contributed by atoms with Crippen molar-refractivity contribution in [1.82, 2.24) is 14.9 Å². The molecule has 11 heteroatoms. The van der Waals surface area contributed by atoms with Crippen LogP contribution in [0.4, 0.5) is 4.79 Å². The Labute approximate surface area is 150 Å². The van der Waals surface area contributed by atoms with Crippen LogP contribution in [-0.2, 0) is 19.6 Å². The van der Waals surface area contributed by atoms with Crippen molar-refractivity contribution in [3.05, 3.63) is 28.8 Å². The second-order valence-corrected chi connectivity index (χ2v) is 7.60. The van der Waals surface area contributed by atoms with Crippen LogP contribution in [0, 0.1) is 0 Å². The van der Waals surface area contributed by atoms with E-state index in [-0.39, 0.29) is 15.5 Å². The van der Waals surface area contributed by atoms with E-state index in [2.05, 4.69) is 5.32 Å². The standard InChI is InChI=1S/C14H18ClN3O6S/c1-8(12(19)17-14(21)16-2)24-13(20)10-7-9(5-6-11(10)15)25(22,23)18(3)4/h5-8H,1-4H3,(H2,16,17,19,21)/t8-/m0/s1. The lowest BCUT2D eigenvalue weighted by Crippen LogP contribution is -2.43. The fourth-order valence-corrected chi connectivity index (χ4v) is 2.71. The fraction of sp³-hybridized carbons (Fsp3) is 0.357. The van der Waals surface area contributed by atoms with E-state index in [1.54, 1.807) is 0 Å². The summed E-state index contributed by atoms with van der Waals surface area (Å²) >= 11 is 5.92. The van der Waals surface area contributed by atoms with Crippen LogP contribution in [-0.4, -0.2) is 57.9 Å². The van der Waals surface area contributed by atoms with Crippen LogP contribution in [0.2, 0.25) is 5.02 Å². The summed E-state index contributed by atoms with van der Waals surface area (Å²) in [5, 5.41) is 4.09. The van der Waals surface area contributed by atoms with Gasteiger partial charge in [-0.05, 0) is 25.1 Å². The highest BCUT2D eigenvalue weighted by Crippen LogP contribution is 2.23. The monoisotopic (exact) mass is 391 g/mol. The third-order valence-corrected chi connectivity index (χ3v) is 5.19. The normalized spacial score (nSPS) is 12.4. The van der Waals surface area contributed by atoms with Gasteiger partial charge in [0.15, 0.2) is 6.10 Å². The molecule has 0 radical (unpaired) electrons. The number of nitrogens with one attached hydrogen (secondary N) is 2. The van der Waals surface area contributed by atoms with Gasteiger partial charge in [0, 0.05) is 21.1 Å². The minimum atomic E-state index is -3.78. The maximum atomic E-state index is 12.2. The number of imide groups is 1. The minimum absolute atomic E-state index is 0.0402. The number of benzene rings is 1. The van der Waals surface area contributed by atoms with Crippen molar-refractivity contribution in [2.45, 2.75) is 17.9 Å². The summed E-state index contributed by atoms with van der Waals surface area (Å²) in [5.41, 5.74) is -0.218. The Balaban J connectivity index is 3.02. The second-order valence-electron chi connectivity index (χ2n) is 5.04. The maximum Gasteiger partial charge on any atom is 0.340 e. The molecule has 0 aliphatic heterocycles. The predicted octanol–water partition coefficient (Wildman–Crippen LogP) is 0.591. The van der Waals surface area contributed by atoms with Crippen molar-refractivity contribution < 1.29 is 27.5 Å². The van der Waals surface area contributed by atoms with Gasteiger partial charge in [-0.15, -0.1) is 0 Å². The van der Waals surface area contributed by atoms with Crippen molar-refractivity contribution >= 4 is 39.5 Å². The minimum Gasteiger partial charge on any atom is -0.449 e. The summed E-state index contributed by atoms with van der Waals surface area (Å²) in [6, 6.07) is 2.79.